The highest BCUT2D eigenvalue weighted by Crippen LogP contribution is 2.14. The third-order valence-corrected chi connectivity index (χ3v) is 3.18. The summed E-state index contributed by atoms with van der Waals surface area (Å²) in [5, 5.41) is 22.6. The molecule has 0 aliphatic rings. The number of nitrogens with one attached hydrogen (secondary N) is 1. The van der Waals surface area contributed by atoms with Crippen molar-refractivity contribution >= 4 is 17.7 Å². The standard InChI is InChI=1S/C14H14N6.C2HF3O2/c1-10-11(2)17-18-14(15-10)16-13-8-9-20(19-13)12-6-4-3-5-7-12;3-2(4,5)1(6)7/h3-9H,1-2H3,(H,15,16,18,19);(H,6,7). The van der Waals surface area contributed by atoms with Crippen LogP contribution in [0.25, 0.3) is 5.69 Å². The summed E-state index contributed by atoms with van der Waals surface area (Å²) < 4.78 is 33.5. The van der Waals surface area contributed by atoms with Crippen LogP contribution in [0.2, 0.25) is 0 Å². The number of aliphatic carboxylic acids is 1. The van der Waals surface area contributed by atoms with E-state index < -0.39 is 12.1 Å². The molecule has 2 heterocycles. The van der Waals surface area contributed by atoms with Gasteiger partial charge in [0.05, 0.1) is 17.1 Å². The molecule has 0 aliphatic heterocycles. The Labute approximate surface area is 151 Å². The minimum Gasteiger partial charge on any atom is -0.475 e. The summed E-state index contributed by atoms with van der Waals surface area (Å²) in [4.78, 5) is 13.2. The Balaban J connectivity index is 0.000000321. The van der Waals surface area contributed by atoms with E-state index in [1.165, 1.54) is 0 Å². The van der Waals surface area contributed by atoms with Crippen molar-refractivity contribution in [3.05, 3.63) is 54.0 Å². The van der Waals surface area contributed by atoms with Gasteiger partial charge < -0.3 is 10.4 Å². The molecular weight excluding hydrogens is 365 g/mol. The highest BCUT2D eigenvalue weighted by molar-refractivity contribution is 5.73. The lowest BCUT2D eigenvalue weighted by molar-refractivity contribution is -0.192. The summed E-state index contributed by atoms with van der Waals surface area (Å²) in [5.74, 6) is -1.63. The predicted octanol–water partition coefficient (Wildman–Crippen LogP) is 3.05. The van der Waals surface area contributed by atoms with Crippen LogP contribution in [0.5, 0.6) is 0 Å². The first-order valence-corrected chi connectivity index (χ1v) is 7.53. The van der Waals surface area contributed by atoms with Crippen LogP contribution < -0.4 is 5.32 Å². The number of hydrogen-bond acceptors (Lipinski definition) is 6. The zero-order valence-corrected chi connectivity index (χ0v) is 14.3. The highest BCUT2D eigenvalue weighted by atomic mass is 19.4. The van der Waals surface area contributed by atoms with E-state index in [0.29, 0.717) is 11.8 Å². The number of nitrogens with zero attached hydrogens (tertiary/aromatic N) is 5. The number of aryl methyl sites for hydroxylation is 2. The zero-order valence-electron chi connectivity index (χ0n) is 14.3. The lowest BCUT2D eigenvalue weighted by Crippen LogP contribution is -2.21. The molecule has 0 radical (unpaired) electrons. The summed E-state index contributed by atoms with van der Waals surface area (Å²) in [6.45, 7) is 3.78. The summed E-state index contributed by atoms with van der Waals surface area (Å²) in [6, 6.07) is 11.8. The number of anilines is 2. The van der Waals surface area contributed by atoms with Crippen LogP contribution in [-0.4, -0.2) is 42.2 Å². The molecule has 8 nitrogen and oxygen atoms in total. The Hall–Kier alpha value is -3.50. The first-order chi connectivity index (χ1) is 12.7. The lowest BCUT2D eigenvalue weighted by atomic mass is 10.3. The van der Waals surface area contributed by atoms with Gasteiger partial charge in [-0.15, -0.1) is 5.10 Å². The van der Waals surface area contributed by atoms with E-state index in [-0.39, 0.29) is 0 Å². The second-order valence-electron chi connectivity index (χ2n) is 5.22. The lowest BCUT2D eigenvalue weighted by Gasteiger charge is -2.03. The predicted molar refractivity (Wildman–Crippen MR) is 89.8 cm³/mol. The van der Waals surface area contributed by atoms with Crippen LogP contribution in [0.4, 0.5) is 24.9 Å². The van der Waals surface area contributed by atoms with Crippen LogP contribution in [-0.2, 0) is 4.79 Å². The third-order valence-electron chi connectivity index (χ3n) is 3.18. The average Bonchev–Trinajstić information content (AvgIpc) is 3.07. The number of carboxylic acid groups (broad SMARTS) is 1. The molecule has 1 aromatic carbocycles. The normalized spacial score (nSPS) is 10.7. The van der Waals surface area contributed by atoms with E-state index in [0.717, 1.165) is 17.1 Å². The van der Waals surface area contributed by atoms with Crippen molar-refractivity contribution in [1.29, 1.82) is 0 Å². The maximum Gasteiger partial charge on any atom is 0.490 e. The Morgan fingerprint density at radius 3 is 2.26 bits per heavy atom. The maximum atomic E-state index is 10.6. The minimum atomic E-state index is -5.08. The summed E-state index contributed by atoms with van der Waals surface area (Å²) in [5.41, 5.74) is 2.68. The van der Waals surface area contributed by atoms with Crippen LogP contribution in [0.3, 0.4) is 0 Å². The van der Waals surface area contributed by atoms with Gasteiger partial charge >= 0.3 is 12.1 Å². The molecule has 0 unspecified atom stereocenters. The summed E-state index contributed by atoms with van der Waals surface area (Å²) >= 11 is 0. The molecule has 3 aromatic rings. The molecule has 0 amide bonds. The average molecular weight is 380 g/mol. The van der Waals surface area contributed by atoms with Crippen LogP contribution in [0.1, 0.15) is 11.4 Å². The van der Waals surface area contributed by atoms with Crippen molar-refractivity contribution in [3.8, 4) is 5.69 Å². The number of carbonyl (C=O) groups is 1. The molecule has 0 spiro atoms. The molecule has 27 heavy (non-hydrogen) atoms. The van der Waals surface area contributed by atoms with Crippen molar-refractivity contribution in [2.45, 2.75) is 20.0 Å². The molecule has 0 saturated carbocycles. The molecule has 0 atom stereocenters. The second-order valence-corrected chi connectivity index (χ2v) is 5.22. The van der Waals surface area contributed by atoms with E-state index in [9.17, 15) is 13.2 Å². The van der Waals surface area contributed by atoms with Gasteiger partial charge in [0, 0.05) is 12.3 Å². The van der Waals surface area contributed by atoms with E-state index in [4.69, 9.17) is 9.90 Å². The number of alkyl halides is 3. The zero-order chi connectivity index (χ0) is 20.0. The molecule has 11 heteroatoms. The first-order valence-electron chi connectivity index (χ1n) is 7.53. The van der Waals surface area contributed by atoms with Gasteiger partial charge in [0.2, 0.25) is 5.95 Å². The number of carboxylic acids is 1. The van der Waals surface area contributed by atoms with Gasteiger partial charge in [0.25, 0.3) is 0 Å². The Bertz CT molecular complexity index is 912. The van der Waals surface area contributed by atoms with Gasteiger partial charge in [-0.1, -0.05) is 18.2 Å². The summed E-state index contributed by atoms with van der Waals surface area (Å²) in [7, 11) is 0. The van der Waals surface area contributed by atoms with Gasteiger partial charge in [-0.25, -0.2) is 14.5 Å². The van der Waals surface area contributed by atoms with Gasteiger partial charge in [-0.3, -0.25) is 0 Å². The minimum absolute atomic E-state index is 0.450. The fraction of sp³-hybridized carbons (Fsp3) is 0.188. The molecule has 0 fully saturated rings. The van der Waals surface area contributed by atoms with Crippen molar-refractivity contribution < 1.29 is 23.1 Å². The fourth-order valence-corrected chi connectivity index (χ4v) is 1.74. The van der Waals surface area contributed by atoms with Crippen molar-refractivity contribution in [2.75, 3.05) is 5.32 Å². The molecule has 0 saturated heterocycles. The smallest absolute Gasteiger partial charge is 0.475 e. The number of halogens is 3. The van der Waals surface area contributed by atoms with Crippen LogP contribution in [0.15, 0.2) is 42.6 Å². The Morgan fingerprint density at radius 1 is 1.07 bits per heavy atom. The monoisotopic (exact) mass is 380 g/mol. The number of hydrogen-bond donors (Lipinski definition) is 2. The van der Waals surface area contributed by atoms with Crippen molar-refractivity contribution in [1.82, 2.24) is 25.0 Å². The third kappa shape index (κ3) is 5.76. The molecular formula is C16H15F3N6O2. The number of rotatable bonds is 3. The largest absolute Gasteiger partial charge is 0.490 e. The van der Waals surface area contributed by atoms with Crippen molar-refractivity contribution in [2.24, 2.45) is 0 Å². The second kappa shape index (κ2) is 8.25. The summed E-state index contributed by atoms with van der Waals surface area (Å²) in [6.07, 6.45) is -3.20. The first kappa shape index (κ1) is 19.8. The molecule has 0 bridgehead atoms. The van der Waals surface area contributed by atoms with E-state index in [1.54, 1.807) is 4.68 Å². The molecule has 2 aromatic heterocycles. The van der Waals surface area contributed by atoms with Crippen LogP contribution >= 0.6 is 0 Å². The quantitative estimate of drug-likeness (QED) is 0.719. The topological polar surface area (TPSA) is 106 Å². The van der Waals surface area contributed by atoms with Crippen LogP contribution in [0, 0.1) is 13.8 Å². The van der Waals surface area contributed by atoms with Gasteiger partial charge in [-0.2, -0.15) is 23.4 Å². The number of para-hydroxylation sites is 1. The van der Waals surface area contributed by atoms with E-state index >= 15 is 0 Å². The maximum absolute atomic E-state index is 10.6. The molecule has 3 rings (SSSR count). The Kier molecular flexibility index (Phi) is 6.06. The van der Waals surface area contributed by atoms with Gasteiger partial charge in [-0.05, 0) is 26.0 Å². The molecule has 142 valence electrons. The Morgan fingerprint density at radius 2 is 1.70 bits per heavy atom. The highest BCUT2D eigenvalue weighted by Gasteiger charge is 2.38. The SMILES string of the molecule is Cc1nnc(Nc2ccn(-c3ccccc3)n2)nc1C.O=C(O)C(F)(F)F. The fourth-order valence-electron chi connectivity index (χ4n) is 1.74. The molecule has 2 N–H and O–H groups in total. The van der Waals surface area contributed by atoms with E-state index in [1.807, 2.05) is 56.4 Å². The molecule has 0 aliphatic carbocycles. The van der Waals surface area contributed by atoms with Gasteiger partial charge in [0.15, 0.2) is 5.82 Å². The van der Waals surface area contributed by atoms with Crippen molar-refractivity contribution in [3.63, 3.8) is 0 Å². The number of benzene rings is 1. The van der Waals surface area contributed by atoms with Gasteiger partial charge in [0.1, 0.15) is 0 Å². The number of aromatic nitrogens is 5. The van der Waals surface area contributed by atoms with E-state index in [2.05, 4.69) is 25.6 Å².